The third-order valence-corrected chi connectivity index (χ3v) is 2.47. The Labute approximate surface area is 74.2 Å². The Morgan fingerprint density at radius 2 is 2.08 bits per heavy atom. The van der Waals surface area contributed by atoms with Crippen LogP contribution >= 0.6 is 0 Å². The molecule has 0 aromatic rings. The van der Waals surface area contributed by atoms with Crippen LogP contribution in [0.2, 0.25) is 0 Å². The standard InChI is InChI=1S/C9H19NO2/c1-11-6-7-12-8-9(2-3-9)4-5-10/h2-8,10H2,1H3. The van der Waals surface area contributed by atoms with E-state index in [0.717, 1.165) is 19.6 Å². The fourth-order valence-electron chi connectivity index (χ4n) is 1.38. The summed E-state index contributed by atoms with van der Waals surface area (Å²) < 4.78 is 10.4. The van der Waals surface area contributed by atoms with Gasteiger partial charge in [-0.15, -0.1) is 0 Å². The molecular weight excluding hydrogens is 154 g/mol. The molecule has 1 saturated carbocycles. The van der Waals surface area contributed by atoms with Gasteiger partial charge >= 0.3 is 0 Å². The average molecular weight is 173 g/mol. The molecule has 0 bridgehead atoms. The number of nitrogens with two attached hydrogens (primary N) is 1. The molecule has 3 nitrogen and oxygen atoms in total. The minimum atomic E-state index is 0.447. The van der Waals surface area contributed by atoms with E-state index in [1.807, 2.05) is 0 Å². The maximum Gasteiger partial charge on any atom is 0.0700 e. The van der Waals surface area contributed by atoms with Gasteiger partial charge in [0.1, 0.15) is 0 Å². The van der Waals surface area contributed by atoms with E-state index in [0.29, 0.717) is 18.6 Å². The molecule has 0 aromatic heterocycles. The van der Waals surface area contributed by atoms with Gasteiger partial charge in [0.25, 0.3) is 0 Å². The van der Waals surface area contributed by atoms with Crippen LogP contribution in [0.5, 0.6) is 0 Å². The lowest BCUT2D eigenvalue weighted by molar-refractivity contribution is 0.0441. The molecule has 0 unspecified atom stereocenters. The Kier molecular flexibility index (Phi) is 3.98. The number of rotatable bonds is 7. The van der Waals surface area contributed by atoms with Crippen molar-refractivity contribution in [3.8, 4) is 0 Å². The van der Waals surface area contributed by atoms with Crippen molar-refractivity contribution in [1.29, 1.82) is 0 Å². The van der Waals surface area contributed by atoms with Gasteiger partial charge in [0.05, 0.1) is 19.8 Å². The quantitative estimate of drug-likeness (QED) is 0.579. The van der Waals surface area contributed by atoms with Crippen LogP contribution in [0.15, 0.2) is 0 Å². The number of hydrogen-bond donors (Lipinski definition) is 1. The first-order valence-corrected chi connectivity index (χ1v) is 4.60. The van der Waals surface area contributed by atoms with Gasteiger partial charge in [-0.2, -0.15) is 0 Å². The molecule has 0 amide bonds. The highest BCUT2D eigenvalue weighted by Gasteiger charge is 2.41. The van der Waals surface area contributed by atoms with Crippen LogP contribution in [0, 0.1) is 5.41 Å². The van der Waals surface area contributed by atoms with Crippen LogP contribution < -0.4 is 5.73 Å². The Hall–Kier alpha value is -0.120. The number of ether oxygens (including phenoxy) is 2. The maximum absolute atomic E-state index is 5.50. The van der Waals surface area contributed by atoms with Crippen molar-refractivity contribution in [2.24, 2.45) is 11.1 Å². The second-order valence-corrected chi connectivity index (χ2v) is 3.58. The molecule has 0 saturated heterocycles. The van der Waals surface area contributed by atoms with Gasteiger partial charge in [0.2, 0.25) is 0 Å². The largest absolute Gasteiger partial charge is 0.382 e. The first kappa shape index (κ1) is 9.96. The van der Waals surface area contributed by atoms with Crippen LogP contribution in [0.4, 0.5) is 0 Å². The number of hydrogen-bond acceptors (Lipinski definition) is 3. The van der Waals surface area contributed by atoms with Gasteiger partial charge in [-0.3, -0.25) is 0 Å². The predicted octanol–water partition coefficient (Wildman–Crippen LogP) is 0.778. The van der Waals surface area contributed by atoms with Crippen molar-refractivity contribution in [3.63, 3.8) is 0 Å². The van der Waals surface area contributed by atoms with Crippen molar-refractivity contribution in [2.45, 2.75) is 19.3 Å². The molecule has 1 aliphatic carbocycles. The van der Waals surface area contributed by atoms with Crippen molar-refractivity contribution in [2.75, 3.05) is 33.5 Å². The topological polar surface area (TPSA) is 44.5 Å². The van der Waals surface area contributed by atoms with Gasteiger partial charge in [0.15, 0.2) is 0 Å². The minimum Gasteiger partial charge on any atom is -0.382 e. The zero-order chi connectivity index (χ0) is 8.86. The third-order valence-electron chi connectivity index (χ3n) is 2.47. The Morgan fingerprint density at radius 1 is 1.33 bits per heavy atom. The summed E-state index contributed by atoms with van der Waals surface area (Å²) in [6.45, 7) is 3.06. The summed E-state index contributed by atoms with van der Waals surface area (Å²) in [5.74, 6) is 0. The molecule has 12 heavy (non-hydrogen) atoms. The summed E-state index contributed by atoms with van der Waals surface area (Å²) in [5, 5.41) is 0. The number of methoxy groups -OCH3 is 1. The lowest BCUT2D eigenvalue weighted by Gasteiger charge is -2.13. The molecule has 1 fully saturated rings. The zero-order valence-electron chi connectivity index (χ0n) is 7.84. The molecule has 0 atom stereocenters. The molecule has 0 heterocycles. The fourth-order valence-corrected chi connectivity index (χ4v) is 1.38. The highest BCUT2D eigenvalue weighted by Crippen LogP contribution is 2.48. The van der Waals surface area contributed by atoms with E-state index in [9.17, 15) is 0 Å². The third kappa shape index (κ3) is 3.09. The zero-order valence-corrected chi connectivity index (χ0v) is 7.84. The molecule has 1 rings (SSSR count). The average Bonchev–Trinajstić information content (AvgIpc) is 2.81. The maximum atomic E-state index is 5.50. The second-order valence-electron chi connectivity index (χ2n) is 3.58. The fraction of sp³-hybridized carbons (Fsp3) is 1.00. The van der Waals surface area contributed by atoms with E-state index >= 15 is 0 Å². The van der Waals surface area contributed by atoms with Gasteiger partial charge in [-0.25, -0.2) is 0 Å². The highest BCUT2D eigenvalue weighted by molar-refractivity contribution is 4.92. The summed E-state index contributed by atoms with van der Waals surface area (Å²) in [6, 6.07) is 0. The predicted molar refractivity (Wildman–Crippen MR) is 48.0 cm³/mol. The van der Waals surface area contributed by atoms with Crippen LogP contribution in [0.3, 0.4) is 0 Å². The van der Waals surface area contributed by atoms with E-state index in [1.54, 1.807) is 7.11 Å². The van der Waals surface area contributed by atoms with Gasteiger partial charge in [-0.05, 0) is 31.2 Å². The summed E-state index contributed by atoms with van der Waals surface area (Å²) in [6.07, 6.45) is 3.69. The Bertz CT molecular complexity index is 124. The van der Waals surface area contributed by atoms with Crippen LogP contribution in [0.25, 0.3) is 0 Å². The van der Waals surface area contributed by atoms with E-state index < -0.39 is 0 Å². The molecule has 0 spiro atoms. The van der Waals surface area contributed by atoms with Crippen LogP contribution in [0.1, 0.15) is 19.3 Å². The molecule has 0 aromatic carbocycles. The van der Waals surface area contributed by atoms with Crippen molar-refractivity contribution in [3.05, 3.63) is 0 Å². The Balaban J connectivity index is 1.98. The summed E-state index contributed by atoms with van der Waals surface area (Å²) in [5.41, 5.74) is 5.95. The van der Waals surface area contributed by atoms with E-state index in [1.165, 1.54) is 12.8 Å². The molecule has 72 valence electrons. The van der Waals surface area contributed by atoms with Crippen LogP contribution in [-0.2, 0) is 9.47 Å². The highest BCUT2D eigenvalue weighted by atomic mass is 16.5. The summed E-state index contributed by atoms with van der Waals surface area (Å²) in [4.78, 5) is 0. The Morgan fingerprint density at radius 3 is 2.58 bits per heavy atom. The first-order chi connectivity index (χ1) is 5.83. The van der Waals surface area contributed by atoms with Crippen molar-refractivity contribution in [1.82, 2.24) is 0 Å². The monoisotopic (exact) mass is 173 g/mol. The molecule has 3 heteroatoms. The summed E-state index contributed by atoms with van der Waals surface area (Å²) >= 11 is 0. The summed E-state index contributed by atoms with van der Waals surface area (Å²) in [7, 11) is 1.69. The molecule has 2 N–H and O–H groups in total. The van der Waals surface area contributed by atoms with Crippen LogP contribution in [-0.4, -0.2) is 33.5 Å². The second kappa shape index (κ2) is 4.80. The molecule has 1 aliphatic rings. The van der Waals surface area contributed by atoms with Gasteiger partial charge in [0, 0.05) is 7.11 Å². The lowest BCUT2D eigenvalue weighted by Crippen LogP contribution is -2.17. The molecule has 0 radical (unpaired) electrons. The smallest absolute Gasteiger partial charge is 0.0700 e. The molecule has 0 aliphatic heterocycles. The molecular formula is C9H19NO2. The van der Waals surface area contributed by atoms with Gasteiger partial charge in [-0.1, -0.05) is 0 Å². The normalized spacial score (nSPS) is 19.5. The van der Waals surface area contributed by atoms with Gasteiger partial charge < -0.3 is 15.2 Å². The van der Waals surface area contributed by atoms with Crippen molar-refractivity contribution >= 4 is 0 Å². The minimum absolute atomic E-state index is 0.447. The van der Waals surface area contributed by atoms with E-state index in [-0.39, 0.29) is 0 Å². The lowest BCUT2D eigenvalue weighted by atomic mass is 10.0. The first-order valence-electron chi connectivity index (χ1n) is 4.60. The van der Waals surface area contributed by atoms with E-state index in [4.69, 9.17) is 15.2 Å². The van der Waals surface area contributed by atoms with E-state index in [2.05, 4.69) is 0 Å². The van der Waals surface area contributed by atoms with Crippen molar-refractivity contribution < 1.29 is 9.47 Å². The SMILES string of the molecule is COCCOCC1(CCN)CC1.